The van der Waals surface area contributed by atoms with Crippen LogP contribution < -0.4 is 150 Å². The molecule has 0 saturated carbocycles. The Balaban J connectivity index is 0.00000406. The zero-order valence-corrected chi connectivity index (χ0v) is 46.2. The molecule has 19 heteroatoms. The summed E-state index contributed by atoms with van der Waals surface area (Å²) in [6, 6.07) is -1.43. The molecule has 1 unspecified atom stereocenters. The molecule has 57 heavy (non-hydrogen) atoms. The molecule has 0 aliphatic carbocycles. The minimum atomic E-state index is -1.55. The summed E-state index contributed by atoms with van der Waals surface area (Å²) in [5, 5.41) is 51.0. The molecule has 8 bridgehead atoms. The van der Waals surface area contributed by atoms with Crippen molar-refractivity contribution in [1.29, 1.82) is 0 Å². The Bertz CT molecular complexity index is 2360. The number of aromatic nitrogens is 1. The standard InChI is InChI=1S/C38H37Br3N5O7.4Na/c1-8-18-14(4)29-26(39)31-16(6)20(11-12-24(48)49)33(43-31)21(13-23(47)42-22(10-3)37(50)51)34-25(38(52)53)17(7)32(44-34)28(41)36-19(9-2)15(5)30(46-36)27(40)35(18)45-29;;;;/h8,22,45,52-53H,1,3,9-13H2,2,4-7H3,(H,42,47)(H,48,49)(H,50,51);;;;/q-1;4*+1/p-3. The van der Waals surface area contributed by atoms with Gasteiger partial charge in [0.05, 0.1) is 76.7 Å². The predicted molar refractivity (Wildman–Crippen MR) is 209 cm³/mol. The van der Waals surface area contributed by atoms with E-state index in [0.29, 0.717) is 58.8 Å². The number of aromatic amines is 1. The summed E-state index contributed by atoms with van der Waals surface area (Å²) in [6.45, 7) is 16.8. The summed E-state index contributed by atoms with van der Waals surface area (Å²) in [7, 11) is 0. The molecule has 1 aromatic rings. The van der Waals surface area contributed by atoms with Gasteiger partial charge in [0.2, 0.25) is 5.91 Å². The van der Waals surface area contributed by atoms with Gasteiger partial charge in [0.15, 0.2) is 0 Å². The SMILES string of the molecule is C=Cc1c(C)c2[nH]c1=C(Br)C1=NC(=C(Br)C3=C(C)/C(=C(\[O-])O)C(=N3)C(CC(=O)NC(C[CH2-])C(=O)[O-])=C3N=C(C(C)=C3CCC(=O)[O-])C=2Br)C(CC)=C1C.[Na+].[Na+].[Na+].[Na+]. The number of amides is 1. The van der Waals surface area contributed by atoms with Crippen LogP contribution in [-0.2, 0) is 14.4 Å². The monoisotopic (exact) mass is 1000 g/mol. The van der Waals surface area contributed by atoms with Crippen molar-refractivity contribution in [2.75, 3.05) is 0 Å². The van der Waals surface area contributed by atoms with Crippen molar-refractivity contribution in [2.45, 2.75) is 72.8 Å². The number of aliphatic carboxylic acids is 2. The van der Waals surface area contributed by atoms with Gasteiger partial charge in [-0.3, -0.25) is 4.79 Å². The second-order valence-electron chi connectivity index (χ2n) is 12.6. The Morgan fingerprint density at radius 3 is 1.88 bits per heavy atom. The Kier molecular flexibility index (Phi) is 21.7. The van der Waals surface area contributed by atoms with E-state index in [0.717, 1.165) is 22.3 Å². The van der Waals surface area contributed by atoms with Gasteiger partial charge < -0.3 is 47.2 Å². The first-order chi connectivity index (χ1) is 25.0. The van der Waals surface area contributed by atoms with Crippen LogP contribution in [0.15, 0.2) is 88.1 Å². The van der Waals surface area contributed by atoms with Crippen LogP contribution in [0.25, 0.3) is 15.0 Å². The van der Waals surface area contributed by atoms with Gasteiger partial charge in [-0.15, -0.1) is 0 Å². The number of aliphatic hydroxyl groups is 1. The van der Waals surface area contributed by atoms with Gasteiger partial charge in [-0.05, 0) is 128 Å². The molecule has 1 amide bonds. The number of allylic oxidation sites excluding steroid dienone is 7. The number of carboxylic acid groups (broad SMARTS) is 2. The number of rotatable bonds is 10. The largest absolute Gasteiger partial charge is 1.00 e. The van der Waals surface area contributed by atoms with Crippen LogP contribution in [0.2, 0.25) is 0 Å². The molecule has 12 nitrogen and oxygen atoms in total. The van der Waals surface area contributed by atoms with Gasteiger partial charge in [0.1, 0.15) is 0 Å². The summed E-state index contributed by atoms with van der Waals surface area (Å²) < 4.78 is 1.57. The van der Waals surface area contributed by atoms with E-state index in [9.17, 15) is 34.8 Å². The summed E-state index contributed by atoms with van der Waals surface area (Å²) in [5.41, 5.74) is 6.28. The maximum absolute atomic E-state index is 13.6. The van der Waals surface area contributed by atoms with Crippen molar-refractivity contribution in [1.82, 2.24) is 10.3 Å². The van der Waals surface area contributed by atoms with Crippen molar-refractivity contribution < 1.29 is 153 Å². The molecule has 3 N–H and O–H groups in total. The van der Waals surface area contributed by atoms with Crippen LogP contribution in [-0.4, -0.2) is 51.1 Å². The van der Waals surface area contributed by atoms with Crippen molar-refractivity contribution in [3.8, 4) is 0 Å². The van der Waals surface area contributed by atoms with Crippen LogP contribution in [0.1, 0.15) is 70.9 Å². The third-order valence-electron chi connectivity index (χ3n) is 9.56. The van der Waals surface area contributed by atoms with E-state index in [-0.39, 0.29) is 165 Å². The number of H-pyrrole nitrogens is 1. The molecule has 0 radical (unpaired) electrons. The van der Waals surface area contributed by atoms with Crippen LogP contribution in [0.3, 0.4) is 0 Å². The Morgan fingerprint density at radius 1 is 0.825 bits per heavy atom. The van der Waals surface area contributed by atoms with Crippen LogP contribution >= 0.6 is 47.8 Å². The zero-order chi connectivity index (χ0) is 39.2. The van der Waals surface area contributed by atoms with E-state index in [1.807, 2.05) is 20.8 Å². The Labute approximate surface area is 444 Å². The van der Waals surface area contributed by atoms with E-state index in [1.54, 1.807) is 19.9 Å². The molecule has 4 aliphatic heterocycles. The third kappa shape index (κ3) is 10.7. The van der Waals surface area contributed by atoms with Gasteiger partial charge in [-0.25, -0.2) is 15.0 Å². The molecule has 0 spiro atoms. The van der Waals surface area contributed by atoms with Crippen molar-refractivity contribution in [3.63, 3.8) is 0 Å². The predicted octanol–water partition coefficient (Wildman–Crippen LogP) is -8.95. The normalized spacial score (nSPS) is 17.6. The maximum Gasteiger partial charge on any atom is 1.00 e. The molecule has 0 aromatic carbocycles. The van der Waals surface area contributed by atoms with E-state index in [1.165, 1.54) is 0 Å². The number of hydrogen-bond acceptors (Lipinski definition) is 10. The molecule has 278 valence electrons. The Hall–Kier alpha value is -0.340. The van der Waals surface area contributed by atoms with Gasteiger partial charge in [0.25, 0.3) is 0 Å². The van der Waals surface area contributed by atoms with Crippen molar-refractivity contribution in [2.24, 2.45) is 15.0 Å². The fourth-order valence-electron chi connectivity index (χ4n) is 6.77. The topological polar surface area (TPSA) is 206 Å². The number of fused-ring (bicyclic) bond motifs is 5. The third-order valence-corrected chi connectivity index (χ3v) is 11.9. The second kappa shape index (κ2) is 22.7. The van der Waals surface area contributed by atoms with E-state index < -0.39 is 42.7 Å². The van der Waals surface area contributed by atoms with Gasteiger partial charge >= 0.3 is 118 Å². The van der Waals surface area contributed by atoms with E-state index >= 15 is 0 Å². The molecular formula is C38H34Br3N5Na4O7. The van der Waals surface area contributed by atoms with E-state index in [4.69, 9.17) is 15.0 Å². The van der Waals surface area contributed by atoms with Gasteiger partial charge in [-0.2, -0.15) is 6.42 Å². The molecule has 0 fully saturated rings. The first-order valence-electron chi connectivity index (χ1n) is 16.5. The van der Waals surface area contributed by atoms with Crippen LogP contribution in [0, 0.1) is 13.8 Å². The fraction of sp³-hybridized carbons (Fsp3) is 0.289. The number of hydrogen-bond donors (Lipinski definition) is 3. The minimum absolute atomic E-state index is 0. The number of aliphatic imine (C=N–C) groups is 3. The summed E-state index contributed by atoms with van der Waals surface area (Å²) in [4.78, 5) is 55.5. The smallest absolute Gasteiger partial charge is 0.629 e. The number of nitrogens with one attached hydrogen (secondary N) is 2. The summed E-state index contributed by atoms with van der Waals surface area (Å²) in [5.74, 6) is -5.01. The number of carboxylic acids is 2. The molecule has 5 rings (SSSR count). The number of carbonyl (C=O) groups excluding carboxylic acids is 3. The second-order valence-corrected chi connectivity index (χ2v) is 15.0. The van der Waals surface area contributed by atoms with Crippen LogP contribution in [0.5, 0.6) is 0 Å². The Morgan fingerprint density at radius 2 is 1.37 bits per heavy atom. The molecule has 1 aromatic heterocycles. The average Bonchev–Trinajstić information content (AvgIpc) is 3.83. The number of aliphatic hydroxyl groups excluding tert-OH is 1. The van der Waals surface area contributed by atoms with Gasteiger partial charge in [0, 0.05) is 28.7 Å². The molecule has 4 aliphatic rings. The molecule has 5 heterocycles. The van der Waals surface area contributed by atoms with E-state index in [2.05, 4.69) is 71.6 Å². The summed E-state index contributed by atoms with van der Waals surface area (Å²) >= 11 is 11.3. The quantitative estimate of drug-likeness (QED) is 0.117. The maximum atomic E-state index is 13.6. The first-order valence-corrected chi connectivity index (χ1v) is 18.9. The number of nitrogens with zero attached hydrogens (tertiary/aromatic N) is 3. The fourth-order valence-corrected chi connectivity index (χ4v) is 8.97. The van der Waals surface area contributed by atoms with Crippen LogP contribution in [0.4, 0.5) is 0 Å². The van der Waals surface area contributed by atoms with Gasteiger partial charge in [-0.1, -0.05) is 19.6 Å². The van der Waals surface area contributed by atoms with Crippen molar-refractivity contribution in [3.05, 3.63) is 102 Å². The number of halogens is 3. The van der Waals surface area contributed by atoms with Crippen molar-refractivity contribution >= 4 is 97.8 Å². The zero-order valence-electron chi connectivity index (χ0n) is 33.5. The molecular weight excluding hydrogens is 970 g/mol. The average molecular weight is 1000 g/mol. The molecule has 1 atom stereocenters. The molecule has 0 saturated heterocycles. The minimum Gasteiger partial charge on any atom is -0.629 e. The number of carbonyl (C=O) groups is 3. The summed E-state index contributed by atoms with van der Waals surface area (Å²) in [6.07, 6.45) is 1.02. The first kappa shape index (κ1) is 54.7.